The highest BCUT2D eigenvalue weighted by Gasteiger charge is 2.27. The lowest BCUT2D eigenvalue weighted by Crippen LogP contribution is -2.53. The summed E-state index contributed by atoms with van der Waals surface area (Å²) < 4.78 is 11.1. The van der Waals surface area contributed by atoms with Crippen LogP contribution in [-0.2, 0) is 17.9 Å². The van der Waals surface area contributed by atoms with E-state index >= 15 is 0 Å². The molecule has 1 aliphatic heterocycles. The minimum atomic E-state index is -0.130. The van der Waals surface area contributed by atoms with Gasteiger partial charge in [0.2, 0.25) is 0 Å². The van der Waals surface area contributed by atoms with Gasteiger partial charge < -0.3 is 19.7 Å². The molecule has 2 N–H and O–H groups in total. The molecule has 1 aliphatic rings. The molecule has 0 radical (unpaired) electrons. The molecule has 3 rings (SSSR count). The van der Waals surface area contributed by atoms with E-state index in [1.807, 2.05) is 44.2 Å². The summed E-state index contributed by atoms with van der Waals surface area (Å²) >= 11 is 0. The molecule has 134 valence electrons. The molecule has 2 aromatic rings. The van der Waals surface area contributed by atoms with Crippen LogP contribution in [0, 0.1) is 0 Å². The summed E-state index contributed by atoms with van der Waals surface area (Å²) in [6.45, 7) is 5.62. The number of urea groups is 1. The Hall–Kier alpha value is -2.61. The lowest BCUT2D eigenvalue weighted by Gasteiger charge is -2.36. The zero-order valence-electron chi connectivity index (χ0n) is 14.4. The first-order valence-electron chi connectivity index (χ1n) is 8.36. The number of benzene rings is 1. The second-order valence-corrected chi connectivity index (χ2v) is 6.10. The number of ether oxygens (including phenoxy) is 2. The summed E-state index contributed by atoms with van der Waals surface area (Å²) in [5.74, 6) is 1.90. The molecule has 8 heteroatoms. The Labute approximate surface area is 146 Å². The topological polar surface area (TPSA) is 92.4 Å². The van der Waals surface area contributed by atoms with Gasteiger partial charge in [0.25, 0.3) is 0 Å². The number of hydrogen-bond acceptors (Lipinski definition) is 5. The van der Waals surface area contributed by atoms with Gasteiger partial charge in [0, 0.05) is 6.54 Å². The number of hydrogen-bond donors (Lipinski definition) is 2. The van der Waals surface area contributed by atoms with Gasteiger partial charge in [-0.1, -0.05) is 18.2 Å². The maximum atomic E-state index is 12.3. The van der Waals surface area contributed by atoms with Gasteiger partial charge >= 0.3 is 6.03 Å². The Kier molecular flexibility index (Phi) is 5.49. The summed E-state index contributed by atoms with van der Waals surface area (Å²) in [4.78, 5) is 18.4. The maximum absolute atomic E-state index is 12.3. The fourth-order valence-electron chi connectivity index (χ4n) is 2.59. The Morgan fingerprint density at radius 2 is 2.20 bits per heavy atom. The molecule has 1 saturated heterocycles. The molecule has 0 unspecified atom stereocenters. The van der Waals surface area contributed by atoms with Crippen LogP contribution in [0.15, 0.2) is 30.3 Å². The SMILES string of the molecule is C[C@@H]1CN(C(=O)NCc2n[nH]c(COc3ccccc3)n2)[C@@H](C)CO1. The lowest BCUT2D eigenvalue weighted by atomic mass is 10.2. The number of nitrogens with one attached hydrogen (secondary N) is 2. The lowest BCUT2D eigenvalue weighted by molar-refractivity contribution is -0.0318. The molecule has 25 heavy (non-hydrogen) atoms. The molecular weight excluding hydrogens is 322 g/mol. The molecule has 0 saturated carbocycles. The highest BCUT2D eigenvalue weighted by molar-refractivity contribution is 5.74. The van der Waals surface area contributed by atoms with Crippen molar-refractivity contribution in [3.05, 3.63) is 42.0 Å². The third-order valence-electron chi connectivity index (χ3n) is 3.96. The minimum absolute atomic E-state index is 0.0483. The predicted octanol–water partition coefficient (Wildman–Crippen LogP) is 1.70. The number of aromatic nitrogens is 3. The van der Waals surface area contributed by atoms with E-state index in [0.717, 1.165) is 5.75 Å². The normalized spacial score (nSPS) is 20.3. The van der Waals surface area contributed by atoms with E-state index in [2.05, 4.69) is 20.5 Å². The smallest absolute Gasteiger partial charge is 0.318 e. The minimum Gasteiger partial charge on any atom is -0.486 e. The number of carbonyl (C=O) groups is 1. The van der Waals surface area contributed by atoms with E-state index in [1.54, 1.807) is 4.90 Å². The zero-order chi connectivity index (χ0) is 17.6. The van der Waals surface area contributed by atoms with E-state index in [9.17, 15) is 4.79 Å². The molecule has 1 fully saturated rings. The van der Waals surface area contributed by atoms with Gasteiger partial charge in [0.05, 0.1) is 25.3 Å². The van der Waals surface area contributed by atoms with Crippen LogP contribution >= 0.6 is 0 Å². The Morgan fingerprint density at radius 1 is 1.40 bits per heavy atom. The standard InChI is InChI=1S/C17H23N5O3/c1-12-10-24-13(2)9-22(12)17(23)18-8-15-19-16(21-20-15)11-25-14-6-4-3-5-7-14/h3-7,12-13H,8-11H2,1-2H3,(H,18,23)(H,19,20,21)/t12-,13+/m0/s1. The van der Waals surface area contributed by atoms with Crippen molar-refractivity contribution in [2.45, 2.75) is 39.1 Å². The summed E-state index contributed by atoms with van der Waals surface area (Å²) in [7, 11) is 0. The number of nitrogens with zero attached hydrogens (tertiary/aromatic N) is 3. The molecule has 1 aromatic carbocycles. The summed E-state index contributed by atoms with van der Waals surface area (Å²) in [5.41, 5.74) is 0. The number of morpholine rings is 1. The summed E-state index contributed by atoms with van der Waals surface area (Å²) in [5, 5.41) is 9.78. The van der Waals surface area contributed by atoms with E-state index in [1.165, 1.54) is 0 Å². The fourth-order valence-corrected chi connectivity index (χ4v) is 2.59. The van der Waals surface area contributed by atoms with Gasteiger partial charge in [0.15, 0.2) is 11.6 Å². The van der Waals surface area contributed by atoms with Crippen LogP contribution in [0.5, 0.6) is 5.75 Å². The Bertz CT molecular complexity index is 691. The molecular formula is C17H23N5O3. The predicted molar refractivity (Wildman–Crippen MR) is 91.0 cm³/mol. The number of aromatic amines is 1. The molecule has 2 atom stereocenters. The van der Waals surface area contributed by atoms with Crippen LogP contribution in [0.1, 0.15) is 25.5 Å². The van der Waals surface area contributed by atoms with Crippen molar-refractivity contribution < 1.29 is 14.3 Å². The second kappa shape index (κ2) is 7.98. The summed E-state index contributed by atoms with van der Waals surface area (Å²) in [6.07, 6.45) is 0.0483. The molecule has 2 heterocycles. The van der Waals surface area contributed by atoms with Crippen LogP contribution in [0.3, 0.4) is 0 Å². The number of rotatable bonds is 5. The summed E-state index contributed by atoms with van der Waals surface area (Å²) in [6, 6.07) is 9.42. The van der Waals surface area contributed by atoms with E-state index in [-0.39, 0.29) is 24.7 Å². The molecule has 2 amide bonds. The van der Waals surface area contributed by atoms with E-state index in [4.69, 9.17) is 9.47 Å². The van der Waals surface area contributed by atoms with Gasteiger partial charge in [0.1, 0.15) is 12.4 Å². The first kappa shape index (κ1) is 17.2. The average molecular weight is 345 g/mol. The van der Waals surface area contributed by atoms with Crippen molar-refractivity contribution in [1.82, 2.24) is 25.4 Å². The number of para-hydroxylation sites is 1. The quantitative estimate of drug-likeness (QED) is 0.860. The van der Waals surface area contributed by atoms with Crippen molar-refractivity contribution in [2.75, 3.05) is 13.2 Å². The van der Waals surface area contributed by atoms with Gasteiger partial charge in [-0.2, -0.15) is 5.10 Å². The number of amides is 2. The van der Waals surface area contributed by atoms with Crippen LogP contribution < -0.4 is 10.1 Å². The fraction of sp³-hybridized carbons (Fsp3) is 0.471. The molecule has 0 spiro atoms. The van der Waals surface area contributed by atoms with Gasteiger partial charge in [-0.15, -0.1) is 0 Å². The van der Waals surface area contributed by atoms with Gasteiger partial charge in [-0.25, -0.2) is 9.78 Å². The van der Waals surface area contributed by atoms with Crippen LogP contribution in [0.2, 0.25) is 0 Å². The third-order valence-corrected chi connectivity index (χ3v) is 3.96. The maximum Gasteiger partial charge on any atom is 0.318 e. The van der Waals surface area contributed by atoms with Crippen molar-refractivity contribution in [3.8, 4) is 5.75 Å². The molecule has 8 nitrogen and oxygen atoms in total. The molecule has 0 bridgehead atoms. The van der Waals surface area contributed by atoms with Gasteiger partial charge in [-0.05, 0) is 26.0 Å². The van der Waals surface area contributed by atoms with Crippen molar-refractivity contribution >= 4 is 6.03 Å². The molecule has 0 aliphatic carbocycles. The first-order valence-corrected chi connectivity index (χ1v) is 8.36. The largest absolute Gasteiger partial charge is 0.486 e. The second-order valence-electron chi connectivity index (χ2n) is 6.10. The number of H-pyrrole nitrogens is 1. The van der Waals surface area contributed by atoms with Crippen LogP contribution in [-0.4, -0.2) is 51.4 Å². The first-order chi connectivity index (χ1) is 12.1. The van der Waals surface area contributed by atoms with Crippen molar-refractivity contribution in [2.24, 2.45) is 0 Å². The highest BCUT2D eigenvalue weighted by Crippen LogP contribution is 2.12. The molecule has 1 aromatic heterocycles. The number of carbonyl (C=O) groups excluding carboxylic acids is 1. The monoisotopic (exact) mass is 345 g/mol. The van der Waals surface area contributed by atoms with Crippen LogP contribution in [0.25, 0.3) is 0 Å². The van der Waals surface area contributed by atoms with Crippen LogP contribution in [0.4, 0.5) is 4.79 Å². The third kappa shape index (κ3) is 4.69. The Morgan fingerprint density at radius 3 is 3.00 bits per heavy atom. The van der Waals surface area contributed by atoms with Gasteiger partial charge in [-0.3, -0.25) is 5.10 Å². The Balaban J connectivity index is 1.47. The highest BCUT2D eigenvalue weighted by atomic mass is 16.5. The van der Waals surface area contributed by atoms with E-state index < -0.39 is 0 Å². The van der Waals surface area contributed by atoms with Crippen molar-refractivity contribution in [1.29, 1.82) is 0 Å². The van der Waals surface area contributed by atoms with E-state index in [0.29, 0.717) is 31.4 Å². The average Bonchev–Trinajstić information content (AvgIpc) is 3.09. The van der Waals surface area contributed by atoms with Crippen molar-refractivity contribution in [3.63, 3.8) is 0 Å². The zero-order valence-corrected chi connectivity index (χ0v) is 14.4.